The van der Waals surface area contributed by atoms with Crippen molar-refractivity contribution in [3.8, 4) is 6.07 Å². The largest absolute Gasteiger partial charge is 0.341 e. The SMILES string of the molecule is N#CC1CCN(C(=O)[C@H]2CCCCN2)CC1. The van der Waals surface area contributed by atoms with Gasteiger partial charge in [-0.1, -0.05) is 6.42 Å². The van der Waals surface area contributed by atoms with Gasteiger partial charge in [-0.15, -0.1) is 0 Å². The molecular formula is C12H19N3O. The van der Waals surface area contributed by atoms with Gasteiger partial charge in [0.15, 0.2) is 0 Å². The summed E-state index contributed by atoms with van der Waals surface area (Å²) in [5, 5.41) is 12.1. The van der Waals surface area contributed by atoms with E-state index in [0.717, 1.165) is 45.3 Å². The molecule has 1 N–H and O–H groups in total. The summed E-state index contributed by atoms with van der Waals surface area (Å²) in [5.74, 6) is 0.402. The number of piperidine rings is 2. The minimum Gasteiger partial charge on any atom is -0.341 e. The highest BCUT2D eigenvalue weighted by Gasteiger charge is 2.28. The molecule has 2 aliphatic heterocycles. The highest BCUT2D eigenvalue weighted by molar-refractivity contribution is 5.82. The Labute approximate surface area is 96.6 Å². The third-order valence-electron chi connectivity index (χ3n) is 3.60. The zero-order chi connectivity index (χ0) is 11.4. The van der Waals surface area contributed by atoms with Gasteiger partial charge in [-0.3, -0.25) is 4.79 Å². The van der Waals surface area contributed by atoms with Gasteiger partial charge in [0, 0.05) is 19.0 Å². The molecule has 0 unspecified atom stereocenters. The molecule has 4 nitrogen and oxygen atoms in total. The lowest BCUT2D eigenvalue weighted by Crippen LogP contribution is -2.50. The first-order chi connectivity index (χ1) is 7.81. The Morgan fingerprint density at radius 2 is 2.00 bits per heavy atom. The number of carbonyl (C=O) groups excluding carboxylic acids is 1. The number of amides is 1. The van der Waals surface area contributed by atoms with Gasteiger partial charge in [0.05, 0.1) is 12.1 Å². The fraction of sp³-hybridized carbons (Fsp3) is 0.833. The van der Waals surface area contributed by atoms with Crippen molar-refractivity contribution in [1.82, 2.24) is 10.2 Å². The molecule has 0 bridgehead atoms. The van der Waals surface area contributed by atoms with Crippen LogP contribution >= 0.6 is 0 Å². The molecule has 4 heteroatoms. The highest BCUT2D eigenvalue weighted by Crippen LogP contribution is 2.18. The zero-order valence-corrected chi connectivity index (χ0v) is 9.61. The fourth-order valence-corrected chi connectivity index (χ4v) is 2.51. The van der Waals surface area contributed by atoms with Gasteiger partial charge in [-0.05, 0) is 32.2 Å². The van der Waals surface area contributed by atoms with Crippen molar-refractivity contribution in [1.29, 1.82) is 5.26 Å². The first kappa shape index (κ1) is 11.4. The predicted octanol–water partition coefficient (Wildman–Crippen LogP) is 0.891. The van der Waals surface area contributed by atoms with Gasteiger partial charge in [0.2, 0.25) is 5.91 Å². The molecular weight excluding hydrogens is 202 g/mol. The predicted molar refractivity (Wildman–Crippen MR) is 60.6 cm³/mol. The van der Waals surface area contributed by atoms with Gasteiger partial charge in [0.25, 0.3) is 0 Å². The average molecular weight is 221 g/mol. The molecule has 0 aromatic heterocycles. The Balaban J connectivity index is 1.84. The maximum atomic E-state index is 12.1. The van der Waals surface area contributed by atoms with E-state index in [1.54, 1.807) is 0 Å². The third kappa shape index (κ3) is 2.53. The Bertz CT molecular complexity index is 283. The number of carbonyl (C=O) groups is 1. The quantitative estimate of drug-likeness (QED) is 0.715. The van der Waals surface area contributed by atoms with Crippen LogP contribution in [0.3, 0.4) is 0 Å². The number of rotatable bonds is 1. The number of hydrogen-bond acceptors (Lipinski definition) is 3. The first-order valence-electron chi connectivity index (χ1n) is 6.23. The summed E-state index contributed by atoms with van der Waals surface area (Å²) in [6.45, 7) is 2.48. The van der Waals surface area contributed by atoms with Crippen LogP contribution in [0.15, 0.2) is 0 Å². The molecule has 2 saturated heterocycles. The Kier molecular flexibility index (Phi) is 3.79. The van der Waals surface area contributed by atoms with Crippen molar-refractivity contribution in [3.05, 3.63) is 0 Å². The first-order valence-corrected chi connectivity index (χ1v) is 6.23. The van der Waals surface area contributed by atoms with E-state index in [0.29, 0.717) is 0 Å². The second-order valence-corrected chi connectivity index (χ2v) is 4.73. The summed E-state index contributed by atoms with van der Waals surface area (Å²) in [5.41, 5.74) is 0. The topological polar surface area (TPSA) is 56.1 Å². The molecule has 0 aliphatic carbocycles. The number of hydrogen-bond donors (Lipinski definition) is 1. The number of likely N-dealkylation sites (tertiary alicyclic amines) is 1. The van der Waals surface area contributed by atoms with Crippen LogP contribution in [0.2, 0.25) is 0 Å². The number of nitrogens with one attached hydrogen (secondary N) is 1. The van der Waals surface area contributed by atoms with Gasteiger partial charge in [-0.25, -0.2) is 0 Å². The van der Waals surface area contributed by atoms with Crippen molar-refractivity contribution >= 4 is 5.91 Å². The van der Waals surface area contributed by atoms with Crippen LogP contribution in [0.5, 0.6) is 0 Å². The molecule has 0 radical (unpaired) electrons. The molecule has 0 aromatic rings. The van der Waals surface area contributed by atoms with Gasteiger partial charge in [0.1, 0.15) is 0 Å². The normalized spacial score (nSPS) is 27.4. The summed E-state index contributed by atoms with van der Waals surface area (Å²) >= 11 is 0. The monoisotopic (exact) mass is 221 g/mol. The molecule has 88 valence electrons. The minimum absolute atomic E-state index is 0.0346. The van der Waals surface area contributed by atoms with Crippen LogP contribution in [0.25, 0.3) is 0 Å². The molecule has 16 heavy (non-hydrogen) atoms. The van der Waals surface area contributed by atoms with E-state index in [9.17, 15) is 4.79 Å². The van der Waals surface area contributed by atoms with E-state index in [2.05, 4.69) is 11.4 Å². The third-order valence-corrected chi connectivity index (χ3v) is 3.60. The summed E-state index contributed by atoms with van der Waals surface area (Å²) in [6, 6.07) is 2.32. The fourth-order valence-electron chi connectivity index (χ4n) is 2.51. The van der Waals surface area contributed by atoms with E-state index in [4.69, 9.17) is 5.26 Å². The molecule has 1 amide bonds. The Morgan fingerprint density at radius 1 is 1.25 bits per heavy atom. The summed E-state index contributed by atoms with van der Waals surface area (Å²) in [6.07, 6.45) is 4.99. The maximum Gasteiger partial charge on any atom is 0.239 e. The lowest BCUT2D eigenvalue weighted by Gasteiger charge is -2.33. The molecule has 0 aromatic carbocycles. The molecule has 0 spiro atoms. The van der Waals surface area contributed by atoms with E-state index in [1.807, 2.05) is 4.90 Å². The van der Waals surface area contributed by atoms with Gasteiger partial charge < -0.3 is 10.2 Å². The van der Waals surface area contributed by atoms with Crippen molar-refractivity contribution in [2.45, 2.75) is 38.1 Å². The summed E-state index contributed by atoms with van der Waals surface area (Å²) < 4.78 is 0. The second-order valence-electron chi connectivity index (χ2n) is 4.73. The van der Waals surface area contributed by atoms with E-state index < -0.39 is 0 Å². The van der Waals surface area contributed by atoms with Crippen molar-refractivity contribution < 1.29 is 4.79 Å². The molecule has 1 atom stereocenters. The Morgan fingerprint density at radius 3 is 2.56 bits per heavy atom. The Hall–Kier alpha value is -1.08. The van der Waals surface area contributed by atoms with Crippen LogP contribution in [-0.2, 0) is 4.79 Å². The zero-order valence-electron chi connectivity index (χ0n) is 9.61. The maximum absolute atomic E-state index is 12.1. The lowest BCUT2D eigenvalue weighted by molar-refractivity contribution is -0.135. The van der Waals surface area contributed by atoms with Crippen LogP contribution in [0, 0.1) is 17.2 Å². The van der Waals surface area contributed by atoms with Crippen LogP contribution in [0.1, 0.15) is 32.1 Å². The highest BCUT2D eigenvalue weighted by atomic mass is 16.2. The number of nitrogens with zero attached hydrogens (tertiary/aromatic N) is 2. The summed E-state index contributed by atoms with van der Waals surface area (Å²) in [4.78, 5) is 14.1. The van der Waals surface area contributed by atoms with Gasteiger partial charge in [-0.2, -0.15) is 5.26 Å². The van der Waals surface area contributed by atoms with E-state index in [1.165, 1.54) is 6.42 Å². The standard InChI is InChI=1S/C12H19N3O/c13-9-10-4-7-15(8-5-10)12(16)11-3-1-2-6-14-11/h10-11,14H,1-8H2/t11-/m1/s1. The van der Waals surface area contributed by atoms with Crippen molar-refractivity contribution in [2.24, 2.45) is 5.92 Å². The van der Waals surface area contributed by atoms with Gasteiger partial charge >= 0.3 is 0 Å². The van der Waals surface area contributed by atoms with Crippen LogP contribution in [0.4, 0.5) is 0 Å². The molecule has 2 heterocycles. The minimum atomic E-state index is 0.0346. The van der Waals surface area contributed by atoms with Crippen molar-refractivity contribution in [2.75, 3.05) is 19.6 Å². The second kappa shape index (κ2) is 5.31. The molecule has 2 fully saturated rings. The molecule has 2 rings (SSSR count). The molecule has 0 saturated carbocycles. The van der Waals surface area contributed by atoms with Crippen LogP contribution in [-0.4, -0.2) is 36.5 Å². The smallest absolute Gasteiger partial charge is 0.239 e. The van der Waals surface area contributed by atoms with Crippen molar-refractivity contribution in [3.63, 3.8) is 0 Å². The summed E-state index contributed by atoms with van der Waals surface area (Å²) in [7, 11) is 0. The van der Waals surface area contributed by atoms with E-state index in [-0.39, 0.29) is 17.9 Å². The average Bonchev–Trinajstić information content (AvgIpc) is 2.39. The lowest BCUT2D eigenvalue weighted by atomic mass is 9.97. The molecule has 2 aliphatic rings. The number of nitriles is 1. The van der Waals surface area contributed by atoms with Crippen LogP contribution < -0.4 is 5.32 Å². The van der Waals surface area contributed by atoms with E-state index >= 15 is 0 Å².